The van der Waals surface area contributed by atoms with Gasteiger partial charge in [0.25, 0.3) is 0 Å². The molecule has 0 saturated carbocycles. The first kappa shape index (κ1) is 31.3. The van der Waals surface area contributed by atoms with Crippen LogP contribution in [0, 0.1) is 12.3 Å². The second kappa shape index (κ2) is 18.4. The summed E-state index contributed by atoms with van der Waals surface area (Å²) < 4.78 is 10.4. The summed E-state index contributed by atoms with van der Waals surface area (Å²) in [6.45, 7) is 4.21. The molecule has 38 heavy (non-hydrogen) atoms. The van der Waals surface area contributed by atoms with E-state index in [1.807, 2.05) is 0 Å². The van der Waals surface area contributed by atoms with E-state index < -0.39 is 11.6 Å². The molecule has 2 rings (SSSR count). The standard InChI is InChI=1S/C32H47NO5/c1-3-4-5-6-7-8-9-10-11-12-13-14-15-16-17-18-23-37-31(35)27-21-19-26(20-22-27)30(33)29-28(34)24-25(2)38-32(29)36/h19-22,24,33-34H,3-18,23H2,1-2H3. The van der Waals surface area contributed by atoms with E-state index in [0.717, 1.165) is 12.8 Å². The van der Waals surface area contributed by atoms with E-state index in [2.05, 4.69) is 6.92 Å². The quantitative estimate of drug-likeness (QED) is 0.103. The minimum Gasteiger partial charge on any atom is -0.507 e. The maximum Gasteiger partial charge on any atom is 0.349 e. The van der Waals surface area contributed by atoms with E-state index in [9.17, 15) is 14.7 Å². The largest absolute Gasteiger partial charge is 0.507 e. The highest BCUT2D eigenvalue weighted by molar-refractivity contribution is 6.12. The number of aryl methyl sites for hydroxylation is 1. The van der Waals surface area contributed by atoms with Crippen molar-refractivity contribution >= 4 is 11.7 Å². The first-order chi connectivity index (χ1) is 18.4. The molecular formula is C32H47NO5. The van der Waals surface area contributed by atoms with Crippen LogP contribution in [0.5, 0.6) is 5.75 Å². The highest BCUT2D eigenvalue weighted by Crippen LogP contribution is 2.19. The highest BCUT2D eigenvalue weighted by atomic mass is 16.5. The van der Waals surface area contributed by atoms with E-state index in [1.165, 1.54) is 96.0 Å². The monoisotopic (exact) mass is 525 g/mol. The topological polar surface area (TPSA) is 101 Å². The summed E-state index contributed by atoms with van der Waals surface area (Å²) >= 11 is 0. The average molecular weight is 526 g/mol. The van der Waals surface area contributed by atoms with Crippen LogP contribution in [0.4, 0.5) is 0 Å². The summed E-state index contributed by atoms with van der Waals surface area (Å²) in [5, 5.41) is 18.3. The van der Waals surface area contributed by atoms with Gasteiger partial charge in [-0.3, -0.25) is 5.41 Å². The van der Waals surface area contributed by atoms with Crippen molar-refractivity contribution in [2.75, 3.05) is 6.61 Å². The molecule has 2 N–H and O–H groups in total. The van der Waals surface area contributed by atoms with Crippen LogP contribution in [-0.2, 0) is 4.74 Å². The molecule has 0 spiro atoms. The van der Waals surface area contributed by atoms with Gasteiger partial charge >= 0.3 is 11.6 Å². The molecule has 0 bridgehead atoms. The summed E-state index contributed by atoms with van der Waals surface area (Å²) in [6.07, 6.45) is 20.8. The number of benzene rings is 1. The van der Waals surface area contributed by atoms with Crippen molar-refractivity contribution in [3.8, 4) is 5.75 Å². The van der Waals surface area contributed by atoms with Gasteiger partial charge in [-0.2, -0.15) is 0 Å². The summed E-state index contributed by atoms with van der Waals surface area (Å²) in [5.41, 5.74) is -0.349. The van der Waals surface area contributed by atoms with E-state index in [4.69, 9.17) is 14.6 Å². The SMILES string of the molecule is CCCCCCCCCCCCCCCCCCOC(=O)c1ccc(C(=N)c2c(O)cc(C)oc2=O)cc1. The number of aromatic hydroxyl groups is 1. The van der Waals surface area contributed by atoms with Gasteiger partial charge in [0.05, 0.1) is 17.9 Å². The van der Waals surface area contributed by atoms with Crippen LogP contribution in [0.1, 0.15) is 137 Å². The molecule has 0 amide bonds. The zero-order valence-electron chi connectivity index (χ0n) is 23.5. The maximum atomic E-state index is 12.3. The zero-order valence-corrected chi connectivity index (χ0v) is 23.5. The fourth-order valence-electron chi connectivity index (χ4n) is 4.64. The lowest BCUT2D eigenvalue weighted by atomic mass is 10.0. The normalized spacial score (nSPS) is 11.0. The lowest BCUT2D eigenvalue weighted by Gasteiger charge is -2.08. The van der Waals surface area contributed by atoms with Gasteiger partial charge in [-0.15, -0.1) is 0 Å². The van der Waals surface area contributed by atoms with Crippen LogP contribution >= 0.6 is 0 Å². The Morgan fingerprint density at radius 1 is 0.789 bits per heavy atom. The van der Waals surface area contributed by atoms with E-state index >= 15 is 0 Å². The second-order valence-electron chi connectivity index (χ2n) is 10.3. The summed E-state index contributed by atoms with van der Waals surface area (Å²) in [7, 11) is 0. The van der Waals surface area contributed by atoms with E-state index in [1.54, 1.807) is 31.2 Å². The molecule has 0 aliphatic rings. The lowest BCUT2D eigenvalue weighted by Crippen LogP contribution is -2.16. The molecule has 210 valence electrons. The zero-order chi connectivity index (χ0) is 27.6. The minimum atomic E-state index is -0.769. The highest BCUT2D eigenvalue weighted by Gasteiger charge is 2.17. The smallest absolute Gasteiger partial charge is 0.349 e. The number of unbranched alkanes of at least 4 members (excludes halogenated alkanes) is 15. The van der Waals surface area contributed by atoms with Crippen LogP contribution in [0.15, 0.2) is 39.5 Å². The Morgan fingerprint density at radius 3 is 1.71 bits per heavy atom. The van der Waals surface area contributed by atoms with Crippen LogP contribution in [0.3, 0.4) is 0 Å². The molecule has 0 saturated heterocycles. The molecule has 1 heterocycles. The minimum absolute atomic E-state index is 0.163. The Kier molecular flexibility index (Phi) is 15.1. The first-order valence-corrected chi connectivity index (χ1v) is 14.6. The summed E-state index contributed by atoms with van der Waals surface area (Å²) in [6, 6.07) is 7.55. The molecule has 0 aliphatic heterocycles. The molecule has 6 nitrogen and oxygen atoms in total. The Labute approximate surface area is 228 Å². The lowest BCUT2D eigenvalue weighted by molar-refractivity contribution is 0.0497. The first-order valence-electron chi connectivity index (χ1n) is 14.6. The number of nitrogens with one attached hydrogen (secondary N) is 1. The molecule has 0 radical (unpaired) electrons. The molecule has 0 atom stereocenters. The predicted molar refractivity (Wildman–Crippen MR) is 154 cm³/mol. The van der Waals surface area contributed by atoms with Gasteiger partial charge in [0.1, 0.15) is 17.1 Å². The molecule has 1 aromatic carbocycles. The van der Waals surface area contributed by atoms with Crippen molar-refractivity contribution in [1.82, 2.24) is 0 Å². The van der Waals surface area contributed by atoms with Crippen LogP contribution in [-0.4, -0.2) is 23.4 Å². The van der Waals surface area contributed by atoms with E-state index in [-0.39, 0.29) is 22.8 Å². The number of ether oxygens (including phenoxy) is 1. The van der Waals surface area contributed by atoms with Crippen LogP contribution in [0.25, 0.3) is 0 Å². The van der Waals surface area contributed by atoms with E-state index in [0.29, 0.717) is 17.7 Å². The van der Waals surface area contributed by atoms with Gasteiger partial charge in [-0.1, -0.05) is 115 Å². The maximum absolute atomic E-state index is 12.3. The van der Waals surface area contributed by atoms with Crippen molar-refractivity contribution in [3.63, 3.8) is 0 Å². The third-order valence-corrected chi connectivity index (χ3v) is 6.94. The van der Waals surface area contributed by atoms with Gasteiger partial charge in [0, 0.05) is 11.6 Å². The Bertz CT molecular complexity index is 1030. The van der Waals surface area contributed by atoms with Crippen LogP contribution in [0.2, 0.25) is 0 Å². The van der Waals surface area contributed by atoms with Gasteiger partial charge < -0.3 is 14.3 Å². The fraction of sp³-hybridized carbons (Fsp3) is 0.594. The molecule has 2 aromatic rings. The number of carbonyl (C=O) groups is 1. The summed E-state index contributed by atoms with van der Waals surface area (Å²) in [5.74, 6) is -0.431. The molecule has 0 aliphatic carbocycles. The van der Waals surface area contributed by atoms with Gasteiger partial charge in [-0.25, -0.2) is 9.59 Å². The Balaban J connectivity index is 1.52. The van der Waals surface area contributed by atoms with Crippen molar-refractivity contribution in [3.05, 3.63) is 63.2 Å². The molecule has 1 aromatic heterocycles. The van der Waals surface area contributed by atoms with Crippen molar-refractivity contribution in [1.29, 1.82) is 5.41 Å². The van der Waals surface area contributed by atoms with Gasteiger partial charge in [0.15, 0.2) is 0 Å². The van der Waals surface area contributed by atoms with Crippen LogP contribution < -0.4 is 5.63 Å². The van der Waals surface area contributed by atoms with Crippen molar-refractivity contribution in [2.45, 2.75) is 117 Å². The van der Waals surface area contributed by atoms with Crippen molar-refractivity contribution < 1.29 is 19.1 Å². The number of hydrogen-bond donors (Lipinski definition) is 2. The van der Waals surface area contributed by atoms with Gasteiger partial charge in [-0.05, 0) is 25.5 Å². The second-order valence-corrected chi connectivity index (χ2v) is 10.3. The molecule has 0 unspecified atom stereocenters. The molecule has 6 heteroatoms. The number of rotatable bonds is 20. The number of carbonyl (C=O) groups excluding carboxylic acids is 1. The van der Waals surface area contributed by atoms with Gasteiger partial charge in [0.2, 0.25) is 0 Å². The van der Waals surface area contributed by atoms with Crippen molar-refractivity contribution in [2.24, 2.45) is 0 Å². The Hall–Kier alpha value is -2.89. The average Bonchev–Trinajstić information content (AvgIpc) is 2.89. The third kappa shape index (κ3) is 11.7. The number of esters is 1. The third-order valence-electron chi connectivity index (χ3n) is 6.94. The molecular weight excluding hydrogens is 478 g/mol. The number of hydrogen-bond acceptors (Lipinski definition) is 6. The molecule has 0 fully saturated rings. The fourth-order valence-corrected chi connectivity index (χ4v) is 4.64. The predicted octanol–water partition coefficient (Wildman–Crippen LogP) is 8.49. The Morgan fingerprint density at radius 2 is 1.24 bits per heavy atom. The summed E-state index contributed by atoms with van der Waals surface area (Å²) in [4.78, 5) is 24.4.